The van der Waals surface area contributed by atoms with E-state index in [4.69, 9.17) is 37.5 Å². The quantitative estimate of drug-likeness (QED) is 0.0565. The highest BCUT2D eigenvalue weighted by Gasteiger charge is 2.32. The van der Waals surface area contributed by atoms with Crippen molar-refractivity contribution < 1.29 is 56.6 Å². The molecule has 290 valence electrons. The Bertz CT molecular complexity index is 1700. The highest BCUT2D eigenvalue weighted by Crippen LogP contribution is 2.37. The summed E-state index contributed by atoms with van der Waals surface area (Å²) < 4.78 is 52.8. The van der Waals surface area contributed by atoms with Gasteiger partial charge in [0.25, 0.3) is 5.69 Å². The molecule has 0 fully saturated rings. The summed E-state index contributed by atoms with van der Waals surface area (Å²) in [6, 6.07) is 5.35. The molecule has 0 saturated heterocycles. The summed E-state index contributed by atoms with van der Waals surface area (Å²) in [4.78, 5) is 51.3. The number of nitrogens with zero attached hydrogens (tertiary/aromatic N) is 2. The average Bonchev–Trinajstić information content (AvgIpc) is 3.08. The molecular formula is C35H39Cl2F3N2O10S. The zero-order valence-electron chi connectivity index (χ0n) is 29.2. The summed E-state index contributed by atoms with van der Waals surface area (Å²) in [7, 11) is 0. The van der Waals surface area contributed by atoms with E-state index < -0.39 is 46.5 Å². The van der Waals surface area contributed by atoms with Crippen molar-refractivity contribution in [3.05, 3.63) is 85.6 Å². The lowest BCUT2D eigenvalue weighted by Crippen LogP contribution is -2.26. The molecule has 2 aromatic rings. The SMILES string of the molecule is CCOC(=O)COC(=O)c1cc(Oc2ccc(C(F)(F)F)cc2Cl)ccc1[N+](=O)[O-].CCSC(C)CC1CC(=O)C(/C(CC)=N/OC/C=C/Cl)=C(O)C1. The maximum absolute atomic E-state index is 12.7. The number of benzene rings is 2. The molecule has 0 spiro atoms. The predicted octanol–water partition coefficient (Wildman–Crippen LogP) is 9.62. The van der Waals surface area contributed by atoms with E-state index in [2.05, 4.69) is 23.7 Å². The highest BCUT2D eigenvalue weighted by atomic mass is 35.5. The first kappa shape index (κ1) is 44.9. The summed E-state index contributed by atoms with van der Waals surface area (Å²) in [5, 5.41) is 25.6. The minimum Gasteiger partial charge on any atom is -0.511 e. The Morgan fingerprint density at radius 2 is 1.87 bits per heavy atom. The van der Waals surface area contributed by atoms with Crippen molar-refractivity contribution in [2.75, 3.05) is 25.6 Å². The summed E-state index contributed by atoms with van der Waals surface area (Å²) in [5.41, 5.74) is 0.0367. The van der Waals surface area contributed by atoms with Crippen LogP contribution in [0.25, 0.3) is 0 Å². The summed E-state index contributed by atoms with van der Waals surface area (Å²) in [6.07, 6.45) is -0.520. The number of aliphatic hydroxyl groups excluding tert-OH is 1. The molecule has 18 heteroatoms. The van der Waals surface area contributed by atoms with Crippen molar-refractivity contribution in [1.82, 2.24) is 0 Å². The number of allylic oxidation sites excluding steroid dienone is 2. The van der Waals surface area contributed by atoms with Gasteiger partial charge in [-0.3, -0.25) is 14.9 Å². The lowest BCUT2D eigenvalue weighted by Gasteiger charge is -2.25. The van der Waals surface area contributed by atoms with Gasteiger partial charge < -0.3 is 24.2 Å². The minimum absolute atomic E-state index is 0.0375. The number of nitro benzene ring substituents is 1. The van der Waals surface area contributed by atoms with Crippen LogP contribution < -0.4 is 4.74 Å². The minimum atomic E-state index is -4.61. The Kier molecular flexibility index (Phi) is 18.7. The van der Waals surface area contributed by atoms with E-state index in [1.165, 1.54) is 12.5 Å². The molecule has 0 aliphatic heterocycles. The van der Waals surface area contributed by atoms with Crippen LogP contribution in [0.15, 0.2) is 64.5 Å². The van der Waals surface area contributed by atoms with Crippen LogP contribution in [0.1, 0.15) is 69.3 Å². The Balaban J connectivity index is 0.000000381. The fourth-order valence-corrected chi connectivity index (χ4v) is 6.23. The molecular weight excluding hydrogens is 768 g/mol. The fraction of sp³-hybridized carbons (Fsp3) is 0.429. The van der Waals surface area contributed by atoms with Crippen LogP contribution >= 0.6 is 35.0 Å². The third-order valence-corrected chi connectivity index (χ3v) is 8.76. The maximum Gasteiger partial charge on any atom is 0.416 e. The van der Waals surface area contributed by atoms with Gasteiger partial charge >= 0.3 is 18.1 Å². The van der Waals surface area contributed by atoms with Gasteiger partial charge in [0.05, 0.1) is 33.4 Å². The molecule has 0 amide bonds. The summed E-state index contributed by atoms with van der Waals surface area (Å²) in [6.45, 7) is 7.26. The second kappa shape index (κ2) is 22.1. The van der Waals surface area contributed by atoms with Crippen molar-refractivity contribution >= 4 is 64.1 Å². The van der Waals surface area contributed by atoms with Crippen molar-refractivity contribution in [2.24, 2.45) is 11.1 Å². The zero-order chi connectivity index (χ0) is 39.7. The smallest absolute Gasteiger partial charge is 0.416 e. The molecule has 0 aromatic heterocycles. The molecule has 2 unspecified atom stereocenters. The van der Waals surface area contributed by atoms with Crippen molar-refractivity contribution in [1.29, 1.82) is 0 Å². The van der Waals surface area contributed by atoms with E-state index in [9.17, 15) is 42.8 Å². The molecule has 0 heterocycles. The zero-order valence-corrected chi connectivity index (χ0v) is 31.6. The Morgan fingerprint density at radius 3 is 2.43 bits per heavy atom. The van der Waals surface area contributed by atoms with Crippen LogP contribution in [-0.4, -0.2) is 64.3 Å². The first-order chi connectivity index (χ1) is 25.1. The number of oxime groups is 1. The number of nitro groups is 1. The van der Waals surface area contributed by atoms with E-state index >= 15 is 0 Å². The lowest BCUT2D eigenvalue weighted by atomic mass is 9.82. The van der Waals surface area contributed by atoms with Crippen molar-refractivity contribution in [3.63, 3.8) is 0 Å². The van der Waals surface area contributed by atoms with Crippen LogP contribution in [0, 0.1) is 16.0 Å². The number of esters is 2. The maximum atomic E-state index is 12.7. The number of ketones is 1. The monoisotopic (exact) mass is 806 g/mol. The van der Waals surface area contributed by atoms with Gasteiger partial charge in [0.2, 0.25) is 0 Å². The Labute approximate surface area is 318 Å². The van der Waals surface area contributed by atoms with E-state index in [1.54, 1.807) is 6.08 Å². The number of carbonyl (C=O) groups excluding carboxylic acids is 3. The van der Waals surface area contributed by atoms with Gasteiger partial charge in [0.15, 0.2) is 12.4 Å². The predicted molar refractivity (Wildman–Crippen MR) is 195 cm³/mol. The van der Waals surface area contributed by atoms with Gasteiger partial charge in [0, 0.05) is 35.8 Å². The van der Waals surface area contributed by atoms with Crippen molar-refractivity contribution in [3.8, 4) is 11.5 Å². The van der Waals surface area contributed by atoms with E-state index in [1.807, 2.05) is 18.7 Å². The average molecular weight is 808 g/mol. The number of halogens is 5. The molecule has 1 aliphatic rings. The van der Waals surface area contributed by atoms with Gasteiger partial charge in [-0.25, -0.2) is 9.59 Å². The Hall–Kier alpha value is -4.28. The molecule has 2 aromatic carbocycles. The number of ether oxygens (including phenoxy) is 3. The molecule has 3 rings (SSSR count). The molecule has 0 bridgehead atoms. The van der Waals surface area contributed by atoms with Gasteiger partial charge in [-0.05, 0) is 61.8 Å². The third-order valence-electron chi connectivity index (χ3n) is 7.20. The van der Waals surface area contributed by atoms with Gasteiger partial charge in [-0.2, -0.15) is 24.9 Å². The first-order valence-electron chi connectivity index (χ1n) is 16.2. The molecule has 1 aliphatic carbocycles. The van der Waals surface area contributed by atoms with Crippen LogP contribution in [0.3, 0.4) is 0 Å². The van der Waals surface area contributed by atoms with Crippen LogP contribution in [-0.2, 0) is 30.1 Å². The molecule has 0 saturated carbocycles. The molecule has 12 nitrogen and oxygen atoms in total. The van der Waals surface area contributed by atoms with Gasteiger partial charge in [0.1, 0.15) is 29.4 Å². The summed E-state index contributed by atoms with van der Waals surface area (Å²) in [5.74, 6) is -0.971. The second-order valence-electron chi connectivity index (χ2n) is 11.1. The second-order valence-corrected chi connectivity index (χ2v) is 13.5. The van der Waals surface area contributed by atoms with Crippen molar-refractivity contribution in [2.45, 2.75) is 64.8 Å². The molecule has 1 N–H and O–H groups in total. The molecule has 0 radical (unpaired) electrons. The van der Waals surface area contributed by atoms with Crippen LogP contribution in [0.5, 0.6) is 11.5 Å². The number of hydrogen-bond acceptors (Lipinski definition) is 12. The topological polar surface area (TPSA) is 164 Å². The third kappa shape index (κ3) is 14.6. The number of aliphatic hydroxyl groups is 1. The molecule has 2 atom stereocenters. The first-order valence-corrected chi connectivity index (χ1v) is 18.1. The highest BCUT2D eigenvalue weighted by molar-refractivity contribution is 7.99. The fourth-order valence-electron chi connectivity index (χ4n) is 4.96. The van der Waals surface area contributed by atoms with Crippen LogP contribution in [0.2, 0.25) is 5.02 Å². The normalized spacial score (nSPS) is 15.4. The lowest BCUT2D eigenvalue weighted by molar-refractivity contribution is -0.385. The van der Waals surface area contributed by atoms with E-state index in [0.29, 0.717) is 41.9 Å². The number of hydrogen-bond donors (Lipinski definition) is 1. The van der Waals surface area contributed by atoms with Crippen LogP contribution in [0.4, 0.5) is 18.9 Å². The number of Topliss-reactive ketones (excluding diaryl/α,β-unsaturated/α-hetero) is 1. The van der Waals surface area contributed by atoms with Gasteiger partial charge in [-0.1, -0.05) is 49.1 Å². The standard InChI is InChI=1S/C18H13ClF3NO7.C17H26ClNO3S/c1-2-28-16(24)9-29-17(25)12-8-11(4-5-14(12)23(26)27)30-15-6-3-10(7-13(15)19)18(20,21)22;1-4-14(19-22-8-6-7-18)17-15(20)10-13(11-16(17)21)9-12(3)23-5-2/h3-8H,2,9H2,1H3;6-7,12-13,20H,4-5,8-11H2,1-3H3/b;7-6+,19-14+. The van der Waals surface area contributed by atoms with Gasteiger partial charge in [-0.15, -0.1) is 0 Å². The number of carbonyl (C=O) groups is 3. The Morgan fingerprint density at radius 1 is 1.15 bits per heavy atom. The summed E-state index contributed by atoms with van der Waals surface area (Å²) >= 11 is 13.1. The van der Waals surface area contributed by atoms with E-state index in [-0.39, 0.29) is 47.2 Å². The van der Waals surface area contributed by atoms with E-state index in [0.717, 1.165) is 42.5 Å². The largest absolute Gasteiger partial charge is 0.511 e. The number of rotatable bonds is 16. The number of thioether (sulfide) groups is 1. The number of alkyl halides is 3. The molecule has 53 heavy (non-hydrogen) atoms.